The van der Waals surface area contributed by atoms with Gasteiger partial charge in [0.2, 0.25) is 0 Å². The molecule has 0 amide bonds. The van der Waals surface area contributed by atoms with E-state index in [1.165, 1.54) is 26.2 Å². The van der Waals surface area contributed by atoms with E-state index < -0.39 is 11.4 Å². The summed E-state index contributed by atoms with van der Waals surface area (Å²) in [4.78, 5) is 16.6. The largest absolute Gasteiger partial charge is 0.494 e. The standard InChI is InChI=1S/C24H30FN3O5.BrH/c1-24(2,30)15-8-13(9-16(27(3)4)21(15)32-6)17(29)12-28-11-14-10-18(31-5)22(33-7)20(25)19(14)23(28)26;/h8-10,26,30H,11-12H2,1-7H3;1H. The first-order valence-corrected chi connectivity index (χ1v) is 10.4. The summed E-state index contributed by atoms with van der Waals surface area (Å²) in [5.41, 5.74) is 0.862. The number of carbonyl (C=O) groups is 1. The van der Waals surface area contributed by atoms with Gasteiger partial charge in [-0.3, -0.25) is 10.2 Å². The number of methoxy groups -OCH3 is 3. The topological polar surface area (TPSA) is 95.3 Å². The second-order valence-electron chi connectivity index (χ2n) is 8.62. The number of hydrogen-bond acceptors (Lipinski definition) is 7. The molecule has 3 rings (SSSR count). The summed E-state index contributed by atoms with van der Waals surface area (Å²) in [5.74, 6) is -0.420. The summed E-state index contributed by atoms with van der Waals surface area (Å²) in [7, 11) is 7.89. The number of halogens is 2. The summed E-state index contributed by atoms with van der Waals surface area (Å²) >= 11 is 0. The van der Waals surface area contributed by atoms with Crippen molar-refractivity contribution in [3.05, 3.63) is 46.3 Å². The van der Waals surface area contributed by atoms with Crippen LogP contribution in [0.15, 0.2) is 18.2 Å². The summed E-state index contributed by atoms with van der Waals surface area (Å²) in [5, 5.41) is 19.1. The molecule has 186 valence electrons. The highest BCUT2D eigenvalue weighted by molar-refractivity contribution is 8.93. The lowest BCUT2D eigenvalue weighted by atomic mass is 9.93. The Morgan fingerprint density at radius 2 is 1.76 bits per heavy atom. The SMILES string of the molecule is Br.COc1cc2c(c(F)c1OC)C(=N)N(CC(=O)c1cc(N(C)C)c(OC)c(C(C)(C)O)c1)C2. The number of aliphatic hydroxyl groups is 1. The van der Waals surface area contributed by atoms with Gasteiger partial charge >= 0.3 is 0 Å². The van der Waals surface area contributed by atoms with Crippen molar-refractivity contribution in [3.8, 4) is 17.2 Å². The van der Waals surface area contributed by atoms with Crippen LogP contribution in [0.5, 0.6) is 17.2 Å². The number of ketones is 1. The fourth-order valence-corrected chi connectivity index (χ4v) is 4.00. The molecule has 0 atom stereocenters. The average molecular weight is 540 g/mol. The van der Waals surface area contributed by atoms with E-state index in [9.17, 15) is 9.90 Å². The number of Topliss-reactive ketones (excluding diaryl/α,β-unsaturated/α-hetero) is 1. The molecule has 0 fully saturated rings. The lowest BCUT2D eigenvalue weighted by Gasteiger charge is -2.27. The minimum atomic E-state index is -1.25. The summed E-state index contributed by atoms with van der Waals surface area (Å²) in [6.07, 6.45) is 0. The van der Waals surface area contributed by atoms with Crippen LogP contribution in [-0.2, 0) is 12.1 Å². The molecule has 0 bridgehead atoms. The van der Waals surface area contributed by atoms with Gasteiger partial charge in [-0.05, 0) is 37.6 Å². The second kappa shape index (κ2) is 10.2. The van der Waals surface area contributed by atoms with Crippen molar-refractivity contribution >= 4 is 34.3 Å². The highest BCUT2D eigenvalue weighted by Crippen LogP contribution is 2.40. The van der Waals surface area contributed by atoms with Crippen molar-refractivity contribution in [1.82, 2.24) is 4.90 Å². The Morgan fingerprint density at radius 3 is 2.26 bits per heavy atom. The summed E-state index contributed by atoms with van der Waals surface area (Å²) in [6, 6.07) is 4.92. The first-order valence-electron chi connectivity index (χ1n) is 10.4. The predicted molar refractivity (Wildman–Crippen MR) is 134 cm³/mol. The fraction of sp³-hybridized carbons (Fsp3) is 0.417. The van der Waals surface area contributed by atoms with Gasteiger partial charge in [0, 0.05) is 31.8 Å². The first kappa shape index (κ1) is 27.4. The third kappa shape index (κ3) is 4.83. The Bertz CT molecular complexity index is 1120. The van der Waals surface area contributed by atoms with Gasteiger partial charge in [0.05, 0.1) is 44.7 Å². The molecule has 0 spiro atoms. The van der Waals surface area contributed by atoms with Gasteiger partial charge in [-0.2, -0.15) is 0 Å². The minimum Gasteiger partial charge on any atom is -0.494 e. The molecule has 0 aromatic heterocycles. The lowest BCUT2D eigenvalue weighted by molar-refractivity contribution is 0.0756. The van der Waals surface area contributed by atoms with Crippen molar-refractivity contribution in [1.29, 1.82) is 5.41 Å². The fourth-order valence-electron chi connectivity index (χ4n) is 4.00. The number of amidine groups is 1. The van der Waals surface area contributed by atoms with Crippen LogP contribution < -0.4 is 19.1 Å². The molecule has 1 heterocycles. The van der Waals surface area contributed by atoms with Gasteiger partial charge in [0.1, 0.15) is 11.6 Å². The van der Waals surface area contributed by atoms with Crippen molar-refractivity contribution in [2.45, 2.75) is 26.0 Å². The van der Waals surface area contributed by atoms with Gasteiger partial charge in [0.15, 0.2) is 23.1 Å². The maximum atomic E-state index is 15.0. The maximum Gasteiger partial charge on any atom is 0.197 e. The molecular weight excluding hydrogens is 509 g/mol. The molecule has 0 unspecified atom stereocenters. The van der Waals surface area contributed by atoms with Crippen LogP contribution in [0.4, 0.5) is 10.1 Å². The number of fused-ring (bicyclic) bond motifs is 1. The van der Waals surface area contributed by atoms with Gasteiger partial charge in [-0.15, -0.1) is 17.0 Å². The summed E-state index contributed by atoms with van der Waals surface area (Å²) < 4.78 is 30.8. The maximum absolute atomic E-state index is 15.0. The third-order valence-electron chi connectivity index (χ3n) is 5.68. The normalized spacial score (nSPS) is 12.7. The Labute approximate surface area is 209 Å². The molecule has 0 aliphatic carbocycles. The zero-order valence-electron chi connectivity index (χ0n) is 20.4. The van der Waals surface area contributed by atoms with Crippen LogP contribution in [0, 0.1) is 11.2 Å². The number of nitrogens with zero attached hydrogens (tertiary/aromatic N) is 2. The van der Waals surface area contributed by atoms with E-state index in [1.807, 2.05) is 14.1 Å². The monoisotopic (exact) mass is 539 g/mol. The van der Waals surface area contributed by atoms with Crippen molar-refractivity contribution < 1.29 is 28.5 Å². The van der Waals surface area contributed by atoms with Crippen LogP contribution in [0.25, 0.3) is 0 Å². The van der Waals surface area contributed by atoms with Crippen molar-refractivity contribution in [2.24, 2.45) is 0 Å². The van der Waals surface area contributed by atoms with E-state index in [1.54, 1.807) is 36.9 Å². The lowest BCUT2D eigenvalue weighted by Crippen LogP contribution is -2.31. The van der Waals surface area contributed by atoms with E-state index in [4.69, 9.17) is 19.6 Å². The highest BCUT2D eigenvalue weighted by atomic mass is 79.9. The second-order valence-corrected chi connectivity index (χ2v) is 8.62. The number of hydrogen-bond donors (Lipinski definition) is 2. The molecule has 0 radical (unpaired) electrons. The van der Waals surface area contributed by atoms with Gasteiger partial charge in [-0.25, -0.2) is 4.39 Å². The zero-order valence-corrected chi connectivity index (χ0v) is 22.1. The van der Waals surface area contributed by atoms with Crippen molar-refractivity contribution in [2.75, 3.05) is 46.9 Å². The number of nitrogens with one attached hydrogen (secondary N) is 1. The molecule has 0 saturated carbocycles. The average Bonchev–Trinajstić information content (AvgIpc) is 3.06. The molecule has 8 nitrogen and oxygen atoms in total. The molecule has 0 saturated heterocycles. The van der Waals surface area contributed by atoms with E-state index >= 15 is 4.39 Å². The third-order valence-corrected chi connectivity index (χ3v) is 5.68. The van der Waals surface area contributed by atoms with Crippen molar-refractivity contribution in [3.63, 3.8) is 0 Å². The van der Waals surface area contributed by atoms with Crippen LogP contribution in [-0.4, -0.2) is 63.6 Å². The van der Waals surface area contributed by atoms with E-state index in [-0.39, 0.29) is 58.8 Å². The Hall–Kier alpha value is -2.85. The van der Waals surface area contributed by atoms with E-state index in [0.717, 1.165) is 0 Å². The van der Waals surface area contributed by atoms with Crippen LogP contribution in [0.2, 0.25) is 0 Å². The van der Waals surface area contributed by atoms with Crippen LogP contribution in [0.3, 0.4) is 0 Å². The van der Waals surface area contributed by atoms with Crippen LogP contribution in [0.1, 0.15) is 40.9 Å². The summed E-state index contributed by atoms with van der Waals surface area (Å²) in [6.45, 7) is 3.29. The molecule has 10 heteroatoms. The molecule has 2 aromatic rings. The molecule has 2 aromatic carbocycles. The van der Waals surface area contributed by atoms with Gasteiger partial charge < -0.3 is 29.1 Å². The number of carbonyl (C=O) groups excluding carboxylic acids is 1. The molecule has 1 aliphatic heterocycles. The minimum absolute atomic E-state index is 0. The van der Waals surface area contributed by atoms with E-state index in [2.05, 4.69) is 0 Å². The quantitative estimate of drug-likeness (QED) is 0.493. The number of anilines is 1. The number of ether oxygens (including phenoxy) is 3. The Kier molecular flexibility index (Phi) is 8.21. The Morgan fingerprint density at radius 1 is 1.15 bits per heavy atom. The Balaban J connectivity index is 0.00000408. The highest BCUT2D eigenvalue weighted by Gasteiger charge is 2.33. The smallest absolute Gasteiger partial charge is 0.197 e. The zero-order chi connectivity index (χ0) is 24.7. The molecule has 2 N–H and O–H groups in total. The number of rotatable bonds is 8. The van der Waals surface area contributed by atoms with E-state index in [0.29, 0.717) is 28.1 Å². The molecular formula is C24H31BrFN3O5. The number of benzene rings is 2. The first-order chi connectivity index (χ1) is 15.4. The molecule has 1 aliphatic rings. The predicted octanol–water partition coefficient (Wildman–Crippen LogP) is 3.75. The van der Waals surface area contributed by atoms with Gasteiger partial charge in [-0.1, -0.05) is 0 Å². The molecule has 34 heavy (non-hydrogen) atoms. The van der Waals surface area contributed by atoms with Gasteiger partial charge in [0.25, 0.3) is 0 Å². The van der Waals surface area contributed by atoms with Crippen LogP contribution >= 0.6 is 17.0 Å².